The van der Waals surface area contributed by atoms with E-state index in [9.17, 15) is 4.79 Å². The van der Waals surface area contributed by atoms with Gasteiger partial charge in [-0.3, -0.25) is 4.79 Å². The summed E-state index contributed by atoms with van der Waals surface area (Å²) in [5.41, 5.74) is 0. The van der Waals surface area contributed by atoms with E-state index in [-0.39, 0.29) is 5.92 Å². The molecule has 2 aliphatic rings. The fraction of sp³-hybridized carbons (Fsp3) is 0.818. The number of carbonyl (C=O) groups is 1. The molecule has 0 N–H and O–H groups in total. The van der Waals surface area contributed by atoms with Gasteiger partial charge in [-0.1, -0.05) is 0 Å². The predicted octanol–water partition coefficient (Wildman–Crippen LogP) is 2.53. The highest BCUT2D eigenvalue weighted by molar-refractivity contribution is 8.00. The number of fused-ring (bicyclic) bond motifs is 2. The number of ketones is 1. The van der Waals surface area contributed by atoms with Crippen LogP contribution in [0.2, 0.25) is 0 Å². The molecular formula is C11H15NOS. The summed E-state index contributed by atoms with van der Waals surface area (Å²) in [4.78, 5) is 11.7. The number of rotatable bonds is 3. The van der Waals surface area contributed by atoms with Gasteiger partial charge >= 0.3 is 0 Å². The van der Waals surface area contributed by atoms with Crippen LogP contribution in [0.15, 0.2) is 0 Å². The monoisotopic (exact) mass is 209 g/mol. The topological polar surface area (TPSA) is 40.9 Å². The highest BCUT2D eigenvalue weighted by Crippen LogP contribution is 2.46. The highest BCUT2D eigenvalue weighted by Gasteiger charge is 2.37. The second kappa shape index (κ2) is 4.35. The second-order valence-electron chi connectivity index (χ2n) is 4.25. The van der Waals surface area contributed by atoms with Gasteiger partial charge in [0.1, 0.15) is 5.78 Å². The van der Waals surface area contributed by atoms with Gasteiger partial charge in [-0.25, -0.2) is 0 Å². The molecule has 14 heavy (non-hydrogen) atoms. The van der Waals surface area contributed by atoms with Gasteiger partial charge in [0.15, 0.2) is 0 Å². The molecule has 76 valence electrons. The minimum atomic E-state index is 0.280. The molecule has 2 atom stereocenters. The van der Waals surface area contributed by atoms with E-state index in [0.29, 0.717) is 18.6 Å². The molecule has 2 rings (SSSR count). The first-order chi connectivity index (χ1) is 6.79. The third kappa shape index (κ3) is 2.12. The molecule has 0 aromatic rings. The summed E-state index contributed by atoms with van der Waals surface area (Å²) in [5, 5.41) is 9.90. The first-order valence-electron chi connectivity index (χ1n) is 5.34. The van der Waals surface area contributed by atoms with E-state index >= 15 is 0 Å². The van der Waals surface area contributed by atoms with Gasteiger partial charge in [-0.05, 0) is 25.7 Å². The zero-order valence-corrected chi connectivity index (χ0v) is 9.05. The first-order valence-corrected chi connectivity index (χ1v) is 6.29. The Morgan fingerprint density at radius 2 is 2.00 bits per heavy atom. The van der Waals surface area contributed by atoms with Crippen molar-refractivity contribution in [3.63, 3.8) is 0 Å². The van der Waals surface area contributed by atoms with Crippen molar-refractivity contribution in [3.05, 3.63) is 0 Å². The molecule has 2 aliphatic heterocycles. The fourth-order valence-corrected chi connectivity index (χ4v) is 4.28. The molecule has 0 aromatic heterocycles. The SMILES string of the molecule is N#CCCC(=O)C1CC2CCC(C1)S2. The normalized spacial score (nSPS) is 35.2. The Kier molecular flexibility index (Phi) is 3.12. The molecule has 2 bridgehead atoms. The Morgan fingerprint density at radius 1 is 1.36 bits per heavy atom. The van der Waals surface area contributed by atoms with E-state index < -0.39 is 0 Å². The van der Waals surface area contributed by atoms with Crippen LogP contribution in [0.25, 0.3) is 0 Å². The van der Waals surface area contributed by atoms with E-state index in [2.05, 4.69) is 11.8 Å². The van der Waals surface area contributed by atoms with E-state index in [1.807, 2.05) is 6.07 Å². The number of nitriles is 1. The molecule has 2 fully saturated rings. The fourth-order valence-electron chi connectivity index (χ4n) is 2.50. The summed E-state index contributed by atoms with van der Waals surface area (Å²) < 4.78 is 0. The smallest absolute Gasteiger partial charge is 0.137 e. The second-order valence-corrected chi connectivity index (χ2v) is 5.86. The van der Waals surface area contributed by atoms with Crippen molar-refractivity contribution in [1.29, 1.82) is 5.26 Å². The standard InChI is InChI=1S/C11H15NOS/c12-5-1-2-11(13)8-6-9-3-4-10(7-8)14-9/h8-10H,1-4,6-7H2. The number of hydrogen-bond acceptors (Lipinski definition) is 3. The summed E-state index contributed by atoms with van der Waals surface area (Å²) in [6, 6.07) is 2.05. The van der Waals surface area contributed by atoms with Crippen LogP contribution in [0.1, 0.15) is 38.5 Å². The number of nitrogens with zero attached hydrogens (tertiary/aromatic N) is 1. The molecule has 2 heterocycles. The Hall–Kier alpha value is -0.490. The van der Waals surface area contributed by atoms with Crippen molar-refractivity contribution >= 4 is 17.5 Å². The molecule has 0 aliphatic carbocycles. The van der Waals surface area contributed by atoms with Crippen molar-refractivity contribution in [2.45, 2.75) is 49.0 Å². The molecule has 2 unspecified atom stereocenters. The molecular weight excluding hydrogens is 194 g/mol. The quantitative estimate of drug-likeness (QED) is 0.717. The van der Waals surface area contributed by atoms with Crippen molar-refractivity contribution in [1.82, 2.24) is 0 Å². The van der Waals surface area contributed by atoms with Crippen LogP contribution in [0.4, 0.5) is 0 Å². The van der Waals surface area contributed by atoms with E-state index in [1.165, 1.54) is 12.8 Å². The van der Waals surface area contributed by atoms with Crippen molar-refractivity contribution < 1.29 is 4.79 Å². The van der Waals surface area contributed by atoms with Crippen LogP contribution < -0.4 is 0 Å². The average Bonchev–Trinajstić information content (AvgIpc) is 2.54. The number of hydrogen-bond donors (Lipinski definition) is 0. The molecule has 3 heteroatoms. The molecule has 0 amide bonds. The van der Waals surface area contributed by atoms with Crippen LogP contribution in [-0.4, -0.2) is 16.3 Å². The Labute approximate surface area is 89.1 Å². The molecule has 2 nitrogen and oxygen atoms in total. The average molecular weight is 209 g/mol. The van der Waals surface area contributed by atoms with Gasteiger partial charge in [0.05, 0.1) is 6.07 Å². The summed E-state index contributed by atoms with van der Waals surface area (Å²) in [5.74, 6) is 0.617. The minimum Gasteiger partial charge on any atom is -0.299 e. The third-order valence-corrected chi connectivity index (χ3v) is 4.85. The molecule has 0 aromatic carbocycles. The van der Waals surface area contributed by atoms with E-state index in [0.717, 1.165) is 23.3 Å². The molecule has 0 radical (unpaired) electrons. The van der Waals surface area contributed by atoms with Gasteiger partial charge in [0, 0.05) is 29.3 Å². The van der Waals surface area contributed by atoms with Crippen LogP contribution in [0.5, 0.6) is 0 Å². The van der Waals surface area contributed by atoms with E-state index in [1.54, 1.807) is 0 Å². The maximum atomic E-state index is 11.7. The number of thioether (sulfide) groups is 1. The summed E-state index contributed by atoms with van der Waals surface area (Å²) in [7, 11) is 0. The lowest BCUT2D eigenvalue weighted by molar-refractivity contribution is -0.123. The lowest BCUT2D eigenvalue weighted by atomic mass is 9.92. The lowest BCUT2D eigenvalue weighted by Crippen LogP contribution is -2.24. The van der Waals surface area contributed by atoms with Crippen LogP contribution >= 0.6 is 11.8 Å². The van der Waals surface area contributed by atoms with E-state index in [4.69, 9.17) is 5.26 Å². The predicted molar refractivity (Wildman–Crippen MR) is 57.0 cm³/mol. The molecule has 0 spiro atoms. The molecule has 2 saturated heterocycles. The lowest BCUT2D eigenvalue weighted by Gasteiger charge is -2.25. The zero-order chi connectivity index (χ0) is 9.97. The molecule has 0 saturated carbocycles. The number of Topliss-reactive ketones (excluding diaryl/α,β-unsaturated/α-hetero) is 1. The van der Waals surface area contributed by atoms with Gasteiger partial charge < -0.3 is 0 Å². The van der Waals surface area contributed by atoms with Gasteiger partial charge in [-0.2, -0.15) is 17.0 Å². The van der Waals surface area contributed by atoms with Crippen molar-refractivity contribution in [2.75, 3.05) is 0 Å². The highest BCUT2D eigenvalue weighted by atomic mass is 32.2. The zero-order valence-electron chi connectivity index (χ0n) is 8.24. The summed E-state index contributed by atoms with van der Waals surface area (Å²) in [6.07, 6.45) is 5.63. The van der Waals surface area contributed by atoms with Gasteiger partial charge in [-0.15, -0.1) is 0 Å². The Balaban J connectivity index is 1.87. The summed E-state index contributed by atoms with van der Waals surface area (Å²) >= 11 is 2.08. The maximum Gasteiger partial charge on any atom is 0.137 e. The Morgan fingerprint density at radius 3 is 2.57 bits per heavy atom. The first kappa shape index (κ1) is 10.0. The maximum absolute atomic E-state index is 11.7. The Bertz CT molecular complexity index is 259. The van der Waals surface area contributed by atoms with Crippen LogP contribution in [0.3, 0.4) is 0 Å². The van der Waals surface area contributed by atoms with Crippen molar-refractivity contribution in [3.8, 4) is 6.07 Å². The number of carbonyl (C=O) groups excluding carboxylic acids is 1. The largest absolute Gasteiger partial charge is 0.299 e. The minimum absolute atomic E-state index is 0.280. The summed E-state index contributed by atoms with van der Waals surface area (Å²) in [6.45, 7) is 0. The van der Waals surface area contributed by atoms with Gasteiger partial charge in [0.2, 0.25) is 0 Å². The van der Waals surface area contributed by atoms with Crippen molar-refractivity contribution in [2.24, 2.45) is 5.92 Å². The van der Waals surface area contributed by atoms with Crippen LogP contribution in [0, 0.1) is 17.2 Å². The third-order valence-electron chi connectivity index (χ3n) is 3.23. The van der Waals surface area contributed by atoms with Gasteiger partial charge in [0.25, 0.3) is 0 Å². The van der Waals surface area contributed by atoms with Crippen LogP contribution in [-0.2, 0) is 4.79 Å².